The van der Waals surface area contributed by atoms with E-state index in [4.69, 9.17) is 7.90 Å². The van der Waals surface area contributed by atoms with Crippen LogP contribution in [0.25, 0.3) is 0 Å². The molecule has 0 aromatic heterocycles. The molecule has 0 saturated heterocycles. The summed E-state index contributed by atoms with van der Waals surface area (Å²) in [5.41, 5.74) is 0. The van der Waals surface area contributed by atoms with Crippen LogP contribution in [0.4, 0.5) is 0 Å². The summed E-state index contributed by atoms with van der Waals surface area (Å²) in [6.45, 7) is 0. The molecule has 136 valence electrons. The summed E-state index contributed by atoms with van der Waals surface area (Å²) in [6.07, 6.45) is 0. The molecule has 0 aliphatic rings. The zero-order valence-electron chi connectivity index (χ0n) is 17.1. The van der Waals surface area contributed by atoms with E-state index in [2.05, 4.69) is 35.9 Å². The van der Waals surface area contributed by atoms with Crippen molar-refractivity contribution < 1.29 is 0 Å². The molecule has 0 rings (SSSR count). The second kappa shape index (κ2) is 8.74. The quantitative estimate of drug-likeness (QED) is 0.367. The fourth-order valence-corrected chi connectivity index (χ4v) is 8.56. The molecule has 0 fully saturated rings. The Morgan fingerprint density at radius 3 is 0.826 bits per heavy atom. The van der Waals surface area contributed by atoms with E-state index >= 15 is 0 Å². The van der Waals surface area contributed by atoms with Crippen LogP contribution >= 0.6 is 0 Å². The molecule has 23 heavy (non-hydrogen) atoms. The molecule has 0 unspecified atom stereocenters. The van der Waals surface area contributed by atoms with Crippen molar-refractivity contribution in [3.63, 3.8) is 0 Å². The summed E-state index contributed by atoms with van der Waals surface area (Å²) >= 11 is -3.28. The summed E-state index contributed by atoms with van der Waals surface area (Å²) in [6, 6.07) is 0. The molecule has 0 saturated carbocycles. The second-order valence-corrected chi connectivity index (χ2v) is 14.0. The average molecular weight is 389 g/mol. The Labute approximate surface area is 146 Å². The summed E-state index contributed by atoms with van der Waals surface area (Å²) in [4.78, 5) is 8.14. The molecule has 9 heteroatoms. The SMILES string of the molecule is CN(C)C(=[N][Ge]([N]=C(N(C)C)N(C)C)([N](C)C)[N](C)C)N(C)C. The van der Waals surface area contributed by atoms with Crippen LogP contribution in [0.15, 0.2) is 7.90 Å². The van der Waals surface area contributed by atoms with Gasteiger partial charge in [-0.05, 0) is 0 Å². The first-order valence-electron chi connectivity index (χ1n) is 7.60. The number of rotatable bonds is 4. The van der Waals surface area contributed by atoms with Gasteiger partial charge < -0.3 is 0 Å². The molecule has 0 aromatic carbocycles. The van der Waals surface area contributed by atoms with Crippen molar-refractivity contribution in [2.24, 2.45) is 7.90 Å². The normalized spacial score (nSPS) is 11.4. The summed E-state index contributed by atoms with van der Waals surface area (Å²) < 4.78 is 14.7. The zero-order chi connectivity index (χ0) is 18.5. The molecule has 0 bridgehead atoms. The van der Waals surface area contributed by atoms with Gasteiger partial charge >= 0.3 is 146 Å². The van der Waals surface area contributed by atoms with Crippen LogP contribution in [0, 0.1) is 0 Å². The number of guanidine groups is 2. The zero-order valence-corrected chi connectivity index (χ0v) is 19.2. The van der Waals surface area contributed by atoms with Gasteiger partial charge in [0.1, 0.15) is 0 Å². The summed E-state index contributed by atoms with van der Waals surface area (Å²) in [5, 5.41) is 0. The topological polar surface area (TPSA) is 44.2 Å². The van der Waals surface area contributed by atoms with Gasteiger partial charge in [-0.2, -0.15) is 0 Å². The molecular weight excluding hydrogens is 353 g/mol. The van der Waals surface area contributed by atoms with Crippen molar-refractivity contribution in [3.05, 3.63) is 0 Å². The van der Waals surface area contributed by atoms with Crippen LogP contribution in [0.2, 0.25) is 0 Å². The predicted octanol–water partition coefficient (Wildman–Crippen LogP) is -0.496. The molecular formula is C14H36GeN8. The van der Waals surface area contributed by atoms with E-state index in [1.54, 1.807) is 0 Å². The van der Waals surface area contributed by atoms with Gasteiger partial charge in [0.15, 0.2) is 0 Å². The van der Waals surface area contributed by atoms with Crippen molar-refractivity contribution in [1.29, 1.82) is 0 Å². The Morgan fingerprint density at radius 1 is 0.478 bits per heavy atom. The first kappa shape index (κ1) is 22.0. The predicted molar refractivity (Wildman–Crippen MR) is 103 cm³/mol. The van der Waals surface area contributed by atoms with Gasteiger partial charge in [0.05, 0.1) is 0 Å². The van der Waals surface area contributed by atoms with Crippen LogP contribution in [0.3, 0.4) is 0 Å². The van der Waals surface area contributed by atoms with Crippen molar-refractivity contribution in [2.75, 3.05) is 84.6 Å². The van der Waals surface area contributed by atoms with E-state index in [0.29, 0.717) is 0 Å². The Hall–Kier alpha value is -0.997. The summed E-state index contributed by atoms with van der Waals surface area (Å²) in [5.74, 6) is 1.85. The summed E-state index contributed by atoms with van der Waals surface area (Å²) in [7, 11) is 24.4. The van der Waals surface area contributed by atoms with E-state index in [-0.39, 0.29) is 0 Å². The van der Waals surface area contributed by atoms with Crippen LogP contribution in [-0.4, -0.2) is 138 Å². The molecule has 0 aliphatic carbocycles. The van der Waals surface area contributed by atoms with Gasteiger partial charge in [0.25, 0.3) is 0 Å². The average Bonchev–Trinajstić information content (AvgIpc) is 2.36. The van der Waals surface area contributed by atoms with E-state index < -0.39 is 14.2 Å². The number of hydrogen-bond acceptors (Lipinski definition) is 4. The first-order valence-corrected chi connectivity index (χ1v) is 11.4. The molecule has 0 aromatic rings. The molecule has 0 radical (unpaired) electrons. The minimum atomic E-state index is -3.28. The molecule has 0 heterocycles. The fraction of sp³-hybridized carbons (Fsp3) is 0.857. The van der Waals surface area contributed by atoms with Crippen molar-refractivity contribution >= 4 is 26.1 Å². The monoisotopic (exact) mass is 390 g/mol. The molecule has 0 aliphatic heterocycles. The van der Waals surface area contributed by atoms with Gasteiger partial charge in [-0.25, -0.2) is 0 Å². The third-order valence-corrected chi connectivity index (χ3v) is 10.4. The first-order chi connectivity index (χ1) is 10.4. The standard InChI is InChI=1S/C14H36GeN8/c1-18(2)13(19(3)4)16-15(22(9)10,23(11)12)17-14(20(5)6)21(7)8/h1-12H3. The van der Waals surface area contributed by atoms with Crippen LogP contribution in [-0.2, 0) is 0 Å². The van der Waals surface area contributed by atoms with Gasteiger partial charge in [0, 0.05) is 0 Å². The van der Waals surface area contributed by atoms with Gasteiger partial charge in [-0.3, -0.25) is 0 Å². The molecule has 0 spiro atoms. The van der Waals surface area contributed by atoms with E-state index in [1.807, 2.05) is 76.0 Å². The Bertz CT molecular complexity index is 366. The van der Waals surface area contributed by atoms with Gasteiger partial charge in [-0.15, -0.1) is 0 Å². The van der Waals surface area contributed by atoms with E-state index in [0.717, 1.165) is 11.9 Å². The Kier molecular flexibility index (Phi) is 8.36. The molecule has 0 amide bonds. The second-order valence-electron chi connectivity index (χ2n) is 6.79. The van der Waals surface area contributed by atoms with Crippen molar-refractivity contribution in [1.82, 2.24) is 27.3 Å². The minimum absolute atomic E-state index is 0.924. The van der Waals surface area contributed by atoms with Gasteiger partial charge in [0.2, 0.25) is 0 Å². The Morgan fingerprint density at radius 2 is 0.696 bits per heavy atom. The van der Waals surface area contributed by atoms with Crippen LogP contribution in [0.5, 0.6) is 0 Å². The van der Waals surface area contributed by atoms with Crippen molar-refractivity contribution in [2.45, 2.75) is 0 Å². The maximum absolute atomic E-state index is 5.18. The fourth-order valence-electron chi connectivity index (χ4n) is 2.29. The van der Waals surface area contributed by atoms with Crippen molar-refractivity contribution in [3.8, 4) is 0 Å². The van der Waals surface area contributed by atoms with E-state index in [1.165, 1.54) is 0 Å². The Balaban J connectivity index is 6.45. The molecule has 0 N–H and O–H groups in total. The maximum atomic E-state index is 5.18. The molecule has 8 nitrogen and oxygen atoms in total. The number of nitrogens with zero attached hydrogens (tertiary/aromatic N) is 8. The van der Waals surface area contributed by atoms with Crippen LogP contribution in [0.1, 0.15) is 0 Å². The third kappa shape index (κ3) is 5.54. The van der Waals surface area contributed by atoms with Crippen LogP contribution < -0.4 is 0 Å². The molecule has 0 atom stereocenters. The van der Waals surface area contributed by atoms with Gasteiger partial charge in [-0.1, -0.05) is 0 Å². The van der Waals surface area contributed by atoms with E-state index in [9.17, 15) is 0 Å². The third-order valence-electron chi connectivity index (χ3n) is 3.30. The number of hydrogen-bond donors (Lipinski definition) is 0.